The second-order valence-electron chi connectivity index (χ2n) is 7.72. The number of alkyl halides is 4. The van der Waals surface area contributed by atoms with E-state index in [2.05, 4.69) is 5.10 Å². The van der Waals surface area contributed by atoms with E-state index < -0.39 is 42.6 Å². The number of aromatic nitrogens is 3. The van der Waals surface area contributed by atoms with Gasteiger partial charge in [0.15, 0.2) is 0 Å². The van der Waals surface area contributed by atoms with Crippen LogP contribution in [0, 0.1) is 6.92 Å². The van der Waals surface area contributed by atoms with E-state index in [1.165, 1.54) is 9.25 Å². The summed E-state index contributed by atoms with van der Waals surface area (Å²) in [6, 6.07) is 6.42. The molecule has 6 nitrogen and oxygen atoms in total. The van der Waals surface area contributed by atoms with E-state index in [1.807, 2.05) is 31.2 Å². The van der Waals surface area contributed by atoms with Gasteiger partial charge in [0.05, 0.1) is 19.6 Å². The smallest absolute Gasteiger partial charge is 0.328 e. The van der Waals surface area contributed by atoms with Crippen LogP contribution < -0.4 is 5.69 Å². The largest absolute Gasteiger partial charge is 0.346 e. The molecule has 0 radical (unpaired) electrons. The Morgan fingerprint density at radius 2 is 1.76 bits per heavy atom. The molecule has 2 aliphatic heterocycles. The molecule has 2 aliphatic rings. The molecule has 0 aliphatic carbocycles. The quantitative estimate of drug-likeness (QED) is 0.728. The van der Waals surface area contributed by atoms with Crippen LogP contribution in [0.3, 0.4) is 0 Å². The predicted molar refractivity (Wildman–Crippen MR) is 95.2 cm³/mol. The molecule has 1 atom stereocenters. The van der Waals surface area contributed by atoms with Gasteiger partial charge in [-0.3, -0.25) is 9.36 Å². The average molecular weight is 412 g/mol. The van der Waals surface area contributed by atoms with Crippen molar-refractivity contribution >= 4 is 5.91 Å². The molecular formula is C19H20F4N4O2. The summed E-state index contributed by atoms with van der Waals surface area (Å²) in [6.07, 6.45) is 1.18. The average Bonchev–Trinajstić information content (AvgIpc) is 3.09. The van der Waals surface area contributed by atoms with Gasteiger partial charge in [0.1, 0.15) is 11.9 Å². The SMILES string of the molecule is Cc1ccc(Cn2nc3n(c2=O)C(C(=O)N2CC(F)(F)C(F)(F)C2)CCC3)cc1. The molecular weight excluding hydrogens is 392 g/mol. The van der Waals surface area contributed by atoms with Crippen molar-refractivity contribution in [2.45, 2.75) is 50.6 Å². The second kappa shape index (κ2) is 6.70. The van der Waals surface area contributed by atoms with Crippen LogP contribution in [0.4, 0.5) is 17.6 Å². The van der Waals surface area contributed by atoms with E-state index in [9.17, 15) is 27.2 Å². The summed E-state index contributed by atoms with van der Waals surface area (Å²) in [7, 11) is 0. The van der Waals surface area contributed by atoms with Crippen molar-refractivity contribution in [3.8, 4) is 0 Å². The summed E-state index contributed by atoms with van der Waals surface area (Å²) in [6.45, 7) is -0.569. The first kappa shape index (κ1) is 19.7. The van der Waals surface area contributed by atoms with E-state index >= 15 is 0 Å². The third kappa shape index (κ3) is 3.34. The van der Waals surface area contributed by atoms with Crippen LogP contribution in [0.5, 0.6) is 0 Å². The van der Waals surface area contributed by atoms with Crippen molar-refractivity contribution < 1.29 is 22.4 Å². The maximum atomic E-state index is 13.5. The first-order valence-corrected chi connectivity index (χ1v) is 9.37. The first-order chi connectivity index (χ1) is 13.6. The van der Waals surface area contributed by atoms with Gasteiger partial charge in [0.2, 0.25) is 5.91 Å². The fourth-order valence-corrected chi connectivity index (χ4v) is 3.87. The van der Waals surface area contributed by atoms with Crippen LogP contribution in [0.2, 0.25) is 0 Å². The summed E-state index contributed by atoms with van der Waals surface area (Å²) < 4.78 is 56.5. The summed E-state index contributed by atoms with van der Waals surface area (Å²) in [5.74, 6) is -9.08. The number of amides is 1. The fraction of sp³-hybridized carbons (Fsp3) is 0.526. The molecule has 1 saturated heterocycles. The highest BCUT2D eigenvalue weighted by Gasteiger charge is 2.64. The molecule has 2 aromatic rings. The Morgan fingerprint density at radius 1 is 1.14 bits per heavy atom. The van der Waals surface area contributed by atoms with Gasteiger partial charge in [-0.25, -0.2) is 9.48 Å². The first-order valence-electron chi connectivity index (χ1n) is 9.37. The van der Waals surface area contributed by atoms with Crippen molar-refractivity contribution in [2.75, 3.05) is 13.1 Å². The number of aryl methyl sites for hydroxylation is 2. The maximum Gasteiger partial charge on any atom is 0.346 e. The number of likely N-dealkylation sites (tertiary alicyclic amines) is 1. The highest BCUT2D eigenvalue weighted by atomic mass is 19.3. The Kier molecular flexibility index (Phi) is 4.54. The summed E-state index contributed by atoms with van der Waals surface area (Å²) in [5, 5.41) is 4.28. The zero-order valence-corrected chi connectivity index (χ0v) is 15.7. The van der Waals surface area contributed by atoms with Gasteiger partial charge >= 0.3 is 17.5 Å². The monoisotopic (exact) mass is 412 g/mol. The Bertz CT molecular complexity index is 981. The normalized spacial score (nSPS) is 22.5. The lowest BCUT2D eigenvalue weighted by molar-refractivity contribution is -0.172. The molecule has 3 heterocycles. The Hall–Kier alpha value is -2.65. The van der Waals surface area contributed by atoms with Gasteiger partial charge in [-0.15, -0.1) is 0 Å². The van der Waals surface area contributed by atoms with Gasteiger partial charge in [-0.1, -0.05) is 29.8 Å². The number of carbonyl (C=O) groups is 1. The van der Waals surface area contributed by atoms with Crippen molar-refractivity contribution in [3.05, 3.63) is 51.7 Å². The van der Waals surface area contributed by atoms with Gasteiger partial charge in [-0.2, -0.15) is 22.7 Å². The van der Waals surface area contributed by atoms with E-state index in [4.69, 9.17) is 0 Å². The number of hydrogen-bond acceptors (Lipinski definition) is 3. The highest BCUT2D eigenvalue weighted by Crippen LogP contribution is 2.42. The zero-order chi connectivity index (χ0) is 21.0. The number of fused-ring (bicyclic) bond motifs is 1. The fourth-order valence-electron chi connectivity index (χ4n) is 3.87. The van der Waals surface area contributed by atoms with Gasteiger partial charge in [0, 0.05) is 6.42 Å². The maximum absolute atomic E-state index is 13.5. The van der Waals surface area contributed by atoms with Crippen LogP contribution in [0.15, 0.2) is 29.1 Å². The standard InChI is InChI=1S/C19H20F4N4O2/c1-12-5-7-13(8-6-12)9-26-17(29)27-14(3-2-4-15(27)24-26)16(28)25-10-18(20,21)19(22,23)11-25/h5-8,14H,2-4,9-11H2,1H3. The van der Waals surface area contributed by atoms with Crippen LogP contribution in [0.1, 0.15) is 35.8 Å². The molecule has 0 spiro atoms. The van der Waals surface area contributed by atoms with E-state index in [1.54, 1.807) is 0 Å². The van der Waals surface area contributed by atoms with Gasteiger partial charge < -0.3 is 4.90 Å². The molecule has 0 N–H and O–H groups in total. The number of rotatable bonds is 3. The second-order valence-corrected chi connectivity index (χ2v) is 7.72. The lowest BCUT2D eigenvalue weighted by Crippen LogP contribution is -2.42. The number of hydrogen-bond donors (Lipinski definition) is 0. The van der Waals surface area contributed by atoms with Crippen LogP contribution in [0.25, 0.3) is 0 Å². The van der Waals surface area contributed by atoms with Crippen LogP contribution in [-0.4, -0.2) is 50.1 Å². The Balaban J connectivity index is 1.62. The molecule has 1 aromatic carbocycles. The molecule has 156 valence electrons. The minimum absolute atomic E-state index is 0.194. The molecule has 10 heteroatoms. The molecule has 1 amide bonds. The van der Waals surface area contributed by atoms with Gasteiger partial charge in [-0.05, 0) is 25.3 Å². The molecule has 0 bridgehead atoms. The third-order valence-corrected chi connectivity index (χ3v) is 5.49. The van der Waals surface area contributed by atoms with E-state index in [0.717, 1.165) is 11.1 Å². The van der Waals surface area contributed by atoms with E-state index in [-0.39, 0.29) is 13.0 Å². The number of carbonyl (C=O) groups excluding carboxylic acids is 1. The van der Waals surface area contributed by atoms with Crippen molar-refractivity contribution in [1.82, 2.24) is 19.2 Å². The summed E-state index contributed by atoms with van der Waals surface area (Å²) >= 11 is 0. The number of nitrogens with zero attached hydrogens (tertiary/aromatic N) is 4. The highest BCUT2D eigenvalue weighted by molar-refractivity contribution is 5.81. The summed E-state index contributed by atoms with van der Waals surface area (Å²) in [4.78, 5) is 26.1. The molecule has 1 fully saturated rings. The molecule has 1 aromatic heterocycles. The van der Waals surface area contributed by atoms with Crippen LogP contribution in [-0.2, 0) is 17.8 Å². The van der Waals surface area contributed by atoms with Crippen molar-refractivity contribution in [1.29, 1.82) is 0 Å². The molecule has 1 unspecified atom stereocenters. The molecule has 0 saturated carbocycles. The van der Waals surface area contributed by atoms with Crippen molar-refractivity contribution in [3.63, 3.8) is 0 Å². The molecule has 4 rings (SSSR count). The summed E-state index contributed by atoms with van der Waals surface area (Å²) in [5.41, 5.74) is 1.36. The van der Waals surface area contributed by atoms with Crippen molar-refractivity contribution in [2.24, 2.45) is 0 Å². The minimum Gasteiger partial charge on any atom is -0.328 e. The van der Waals surface area contributed by atoms with Gasteiger partial charge in [0.25, 0.3) is 0 Å². The lowest BCUT2D eigenvalue weighted by Gasteiger charge is -2.26. The topological polar surface area (TPSA) is 60.1 Å². The zero-order valence-electron chi connectivity index (χ0n) is 15.7. The third-order valence-electron chi connectivity index (χ3n) is 5.49. The Morgan fingerprint density at radius 3 is 2.38 bits per heavy atom. The molecule has 29 heavy (non-hydrogen) atoms. The number of halogens is 4. The predicted octanol–water partition coefficient (Wildman–Crippen LogP) is 2.39. The van der Waals surface area contributed by atoms with Crippen LogP contribution >= 0.6 is 0 Å². The number of benzene rings is 1. The minimum atomic E-state index is -4.28. The Labute approximate surface area is 163 Å². The van der Waals surface area contributed by atoms with E-state index in [0.29, 0.717) is 23.6 Å². The lowest BCUT2D eigenvalue weighted by atomic mass is 10.0.